The van der Waals surface area contributed by atoms with Crippen molar-refractivity contribution in [1.29, 1.82) is 0 Å². The first kappa shape index (κ1) is 30.9. The maximum Gasteiger partial charge on any atom is 0.160 e. The van der Waals surface area contributed by atoms with Crippen LogP contribution in [0.15, 0.2) is 200 Å². The summed E-state index contributed by atoms with van der Waals surface area (Å²) in [7, 11) is 0. The van der Waals surface area contributed by atoms with Crippen molar-refractivity contribution < 1.29 is 0 Å². The first-order chi connectivity index (χ1) is 26.3. The predicted molar refractivity (Wildman–Crippen MR) is 220 cm³/mol. The average Bonchev–Trinajstić information content (AvgIpc) is 3.57. The van der Waals surface area contributed by atoms with Gasteiger partial charge in [-0.3, -0.25) is 0 Å². The molecule has 0 radical (unpaired) electrons. The molecule has 0 bridgehead atoms. The van der Waals surface area contributed by atoms with Crippen LogP contribution in [-0.4, -0.2) is 14.5 Å². The van der Waals surface area contributed by atoms with E-state index in [1.165, 1.54) is 43.9 Å². The summed E-state index contributed by atoms with van der Waals surface area (Å²) in [5.74, 6) is 0.970. The molecule has 2 heterocycles. The van der Waals surface area contributed by atoms with E-state index in [1.807, 2.05) is 6.07 Å². The van der Waals surface area contributed by atoms with Gasteiger partial charge in [-0.1, -0.05) is 170 Å². The molecule has 53 heavy (non-hydrogen) atoms. The molecule has 1 aliphatic rings. The van der Waals surface area contributed by atoms with Gasteiger partial charge in [-0.2, -0.15) is 0 Å². The molecular weight excluding hydrogens is 643 g/mol. The lowest BCUT2D eigenvalue weighted by Crippen LogP contribution is -2.12. The number of fused-ring (bicyclic) bond motifs is 4. The molecule has 1 aliphatic carbocycles. The van der Waals surface area contributed by atoms with Crippen LogP contribution in [0.3, 0.4) is 0 Å². The van der Waals surface area contributed by atoms with Crippen molar-refractivity contribution in [3.8, 4) is 39.5 Å². The Labute approximate surface area is 308 Å². The van der Waals surface area contributed by atoms with E-state index in [0.717, 1.165) is 39.4 Å². The Bertz CT molecular complexity index is 2830. The summed E-state index contributed by atoms with van der Waals surface area (Å²) in [6.07, 6.45) is 8.87. The number of allylic oxidation sites excluding steroid dienone is 4. The van der Waals surface area contributed by atoms with Crippen LogP contribution in [0.25, 0.3) is 72.0 Å². The molecule has 0 spiro atoms. The highest BCUT2D eigenvalue weighted by Crippen LogP contribution is 2.42. The first-order valence-corrected chi connectivity index (χ1v) is 18.3. The molecule has 0 fully saturated rings. The Morgan fingerprint density at radius 3 is 1.81 bits per heavy atom. The van der Waals surface area contributed by atoms with Crippen LogP contribution in [0.5, 0.6) is 0 Å². The molecule has 7 aromatic carbocycles. The van der Waals surface area contributed by atoms with Gasteiger partial charge in [0.2, 0.25) is 0 Å². The SMILES string of the molecule is C1=CC(c2ccccc2)C(c2cc(-c3ccc(-n4c5ccccc5c5cc(-c6ccccc6)ccc54)c4ccccc34)nc(-c3ccccc3)n2)C=C1. The molecule has 0 amide bonds. The molecular formula is C50H35N3. The summed E-state index contributed by atoms with van der Waals surface area (Å²) < 4.78 is 2.43. The molecule has 9 aromatic rings. The Morgan fingerprint density at radius 1 is 0.415 bits per heavy atom. The second-order valence-corrected chi connectivity index (χ2v) is 13.7. The summed E-state index contributed by atoms with van der Waals surface area (Å²) in [5, 5.41) is 4.80. The van der Waals surface area contributed by atoms with E-state index < -0.39 is 0 Å². The standard InChI is InChI=1S/C50H35N3/c1-4-16-34(17-5-1)37-28-30-49-44(32-37)43-26-14-15-27-47(43)53(49)48-31-29-41(39-23-11-13-25-42(39)48)46-33-45(51-50(52-46)36-20-8-3-9-21-36)40-24-12-10-22-38(40)35-18-6-2-7-19-35/h1-33,38,40H. The monoisotopic (exact) mass is 677 g/mol. The molecule has 0 saturated heterocycles. The third-order valence-corrected chi connectivity index (χ3v) is 10.6. The van der Waals surface area contributed by atoms with Gasteiger partial charge >= 0.3 is 0 Å². The van der Waals surface area contributed by atoms with Crippen LogP contribution in [0.1, 0.15) is 23.1 Å². The van der Waals surface area contributed by atoms with E-state index >= 15 is 0 Å². The fraction of sp³-hybridized carbons (Fsp3) is 0.0400. The maximum absolute atomic E-state index is 5.29. The van der Waals surface area contributed by atoms with Crippen LogP contribution in [0.4, 0.5) is 0 Å². The van der Waals surface area contributed by atoms with E-state index in [0.29, 0.717) is 0 Å². The van der Waals surface area contributed by atoms with E-state index in [-0.39, 0.29) is 11.8 Å². The first-order valence-electron chi connectivity index (χ1n) is 18.3. The van der Waals surface area contributed by atoms with Crippen molar-refractivity contribution in [2.45, 2.75) is 11.8 Å². The van der Waals surface area contributed by atoms with E-state index in [9.17, 15) is 0 Å². The van der Waals surface area contributed by atoms with Crippen molar-refractivity contribution in [1.82, 2.24) is 14.5 Å². The lowest BCUT2D eigenvalue weighted by Gasteiger charge is -2.25. The average molecular weight is 678 g/mol. The van der Waals surface area contributed by atoms with Gasteiger partial charge in [-0.15, -0.1) is 0 Å². The summed E-state index contributed by atoms with van der Waals surface area (Å²) >= 11 is 0. The second-order valence-electron chi connectivity index (χ2n) is 13.7. The molecule has 2 unspecified atom stereocenters. The second kappa shape index (κ2) is 13.0. The van der Waals surface area contributed by atoms with Crippen LogP contribution >= 0.6 is 0 Å². The predicted octanol–water partition coefficient (Wildman–Crippen LogP) is 12.7. The Hall–Kier alpha value is -6.84. The minimum Gasteiger partial charge on any atom is -0.309 e. The molecule has 0 aliphatic heterocycles. The number of hydrogen-bond acceptors (Lipinski definition) is 2. The molecule has 250 valence electrons. The van der Waals surface area contributed by atoms with Crippen LogP contribution in [0.2, 0.25) is 0 Å². The summed E-state index contributed by atoms with van der Waals surface area (Å²) in [4.78, 5) is 10.6. The van der Waals surface area contributed by atoms with Gasteiger partial charge in [0.25, 0.3) is 0 Å². The fourth-order valence-electron chi connectivity index (χ4n) is 8.12. The smallest absolute Gasteiger partial charge is 0.160 e. The van der Waals surface area contributed by atoms with Crippen LogP contribution in [0, 0.1) is 0 Å². The molecule has 2 atom stereocenters. The third-order valence-electron chi connectivity index (χ3n) is 10.6. The Morgan fingerprint density at radius 2 is 1.04 bits per heavy atom. The molecule has 3 nitrogen and oxygen atoms in total. The van der Waals surface area contributed by atoms with Crippen molar-refractivity contribution >= 4 is 32.6 Å². The van der Waals surface area contributed by atoms with Gasteiger partial charge in [-0.25, -0.2) is 9.97 Å². The Balaban J connectivity index is 1.17. The normalized spacial score (nSPS) is 15.4. The highest BCUT2D eigenvalue weighted by atomic mass is 15.0. The number of benzene rings is 7. The van der Waals surface area contributed by atoms with Crippen LogP contribution in [-0.2, 0) is 0 Å². The molecule has 0 saturated carbocycles. The zero-order valence-corrected chi connectivity index (χ0v) is 29.0. The summed E-state index contributed by atoms with van der Waals surface area (Å²) in [6.45, 7) is 0. The highest BCUT2D eigenvalue weighted by Gasteiger charge is 2.26. The number of rotatable bonds is 6. The molecule has 10 rings (SSSR count). The maximum atomic E-state index is 5.29. The van der Waals surface area contributed by atoms with Gasteiger partial charge < -0.3 is 4.57 Å². The zero-order valence-electron chi connectivity index (χ0n) is 29.0. The van der Waals surface area contributed by atoms with Gasteiger partial charge in [0, 0.05) is 39.1 Å². The summed E-state index contributed by atoms with van der Waals surface area (Å²) in [6, 6.07) is 62.8. The Kier molecular flexibility index (Phi) is 7.62. The molecule has 3 heteroatoms. The quantitative estimate of drug-likeness (QED) is 0.175. The van der Waals surface area contributed by atoms with Crippen molar-refractivity contribution in [3.05, 3.63) is 211 Å². The summed E-state index contributed by atoms with van der Waals surface area (Å²) in [5.41, 5.74) is 11.2. The number of aromatic nitrogens is 3. The van der Waals surface area contributed by atoms with Crippen LogP contribution < -0.4 is 0 Å². The largest absolute Gasteiger partial charge is 0.309 e. The minimum atomic E-state index is 0.0653. The van der Waals surface area contributed by atoms with Gasteiger partial charge in [0.15, 0.2) is 5.82 Å². The van der Waals surface area contributed by atoms with Gasteiger partial charge in [0.1, 0.15) is 0 Å². The number of nitrogens with zero attached hydrogens (tertiary/aromatic N) is 3. The molecule has 2 aromatic heterocycles. The zero-order chi connectivity index (χ0) is 35.1. The highest BCUT2D eigenvalue weighted by molar-refractivity contribution is 6.12. The van der Waals surface area contributed by atoms with Crippen molar-refractivity contribution in [3.63, 3.8) is 0 Å². The molecule has 0 N–H and O–H groups in total. The number of hydrogen-bond donors (Lipinski definition) is 0. The van der Waals surface area contributed by atoms with E-state index in [2.05, 4.69) is 199 Å². The van der Waals surface area contributed by atoms with Gasteiger partial charge in [-0.05, 0) is 52.4 Å². The van der Waals surface area contributed by atoms with Crippen molar-refractivity contribution in [2.75, 3.05) is 0 Å². The topological polar surface area (TPSA) is 30.7 Å². The fourth-order valence-corrected chi connectivity index (χ4v) is 8.12. The lowest BCUT2D eigenvalue weighted by molar-refractivity contribution is 0.706. The van der Waals surface area contributed by atoms with Crippen molar-refractivity contribution in [2.24, 2.45) is 0 Å². The third kappa shape index (κ3) is 5.46. The lowest BCUT2D eigenvalue weighted by atomic mass is 9.80. The minimum absolute atomic E-state index is 0.0653. The van der Waals surface area contributed by atoms with E-state index in [4.69, 9.17) is 9.97 Å². The van der Waals surface area contributed by atoms with Gasteiger partial charge in [0.05, 0.1) is 28.1 Å². The number of para-hydroxylation sites is 1. The van der Waals surface area contributed by atoms with E-state index in [1.54, 1.807) is 0 Å².